The van der Waals surface area contributed by atoms with E-state index < -0.39 is 0 Å². The molecule has 3 rings (SSSR count). The molecule has 1 N–H and O–H groups in total. The summed E-state index contributed by atoms with van der Waals surface area (Å²) in [5, 5.41) is 4.13. The number of hydrogen-bond donors (Lipinski definition) is 1. The Morgan fingerprint density at radius 1 is 1.19 bits per heavy atom. The lowest BCUT2D eigenvalue weighted by Crippen LogP contribution is -2.34. The first kappa shape index (κ1) is 14.2. The fourth-order valence-corrected chi connectivity index (χ4v) is 2.95. The molecule has 2 nitrogen and oxygen atoms in total. The van der Waals surface area contributed by atoms with E-state index in [9.17, 15) is 4.39 Å². The number of methoxy groups -OCH3 is 1. The van der Waals surface area contributed by atoms with Gasteiger partial charge in [0.15, 0.2) is 0 Å². The average Bonchev–Trinajstić information content (AvgIpc) is 2.42. The summed E-state index contributed by atoms with van der Waals surface area (Å²) in [6.45, 7) is 0. The fraction of sp³-hybridized carbons (Fsp3) is 0.294. The summed E-state index contributed by atoms with van der Waals surface area (Å²) < 4.78 is 18.6. The molecule has 4 heteroatoms. The lowest BCUT2D eigenvalue weighted by Gasteiger charge is -2.37. The minimum atomic E-state index is -0.166. The van der Waals surface area contributed by atoms with Crippen molar-refractivity contribution in [2.45, 2.75) is 24.8 Å². The number of nitrogens with one attached hydrogen (secondary N) is 1. The summed E-state index contributed by atoms with van der Waals surface area (Å²) in [6, 6.07) is 12.8. The molecule has 0 aromatic heterocycles. The summed E-state index contributed by atoms with van der Waals surface area (Å²) in [5.41, 5.74) is 1.99. The third-order valence-electron chi connectivity index (χ3n) is 3.98. The molecule has 0 spiro atoms. The third kappa shape index (κ3) is 3.13. The molecular weight excluding hydrogens is 289 g/mol. The molecule has 2 aromatic carbocycles. The van der Waals surface area contributed by atoms with Crippen LogP contribution in [0.2, 0.25) is 5.02 Å². The lowest BCUT2D eigenvalue weighted by molar-refractivity contribution is 0.369. The van der Waals surface area contributed by atoms with E-state index >= 15 is 0 Å². The van der Waals surface area contributed by atoms with Crippen LogP contribution in [0.1, 0.15) is 24.3 Å². The van der Waals surface area contributed by atoms with E-state index in [1.165, 1.54) is 6.07 Å². The van der Waals surface area contributed by atoms with E-state index in [0.717, 1.165) is 29.8 Å². The summed E-state index contributed by atoms with van der Waals surface area (Å²) in [5.74, 6) is 1.04. The van der Waals surface area contributed by atoms with Gasteiger partial charge in [-0.05, 0) is 54.7 Å². The molecule has 1 aliphatic carbocycles. The fourth-order valence-electron chi connectivity index (χ4n) is 2.78. The van der Waals surface area contributed by atoms with Gasteiger partial charge in [0.2, 0.25) is 0 Å². The molecule has 0 atom stereocenters. The molecule has 1 saturated carbocycles. The maximum Gasteiger partial charge on any atom is 0.142 e. The average molecular weight is 306 g/mol. The van der Waals surface area contributed by atoms with E-state index in [0.29, 0.717) is 17.0 Å². The highest BCUT2D eigenvalue weighted by Crippen LogP contribution is 2.40. The Morgan fingerprint density at radius 2 is 2.00 bits per heavy atom. The van der Waals surface area contributed by atoms with E-state index in [1.807, 2.05) is 24.3 Å². The van der Waals surface area contributed by atoms with Gasteiger partial charge in [0.1, 0.15) is 11.6 Å². The smallest absolute Gasteiger partial charge is 0.142 e. The first-order valence-corrected chi connectivity index (χ1v) is 7.39. The van der Waals surface area contributed by atoms with Crippen molar-refractivity contribution in [3.63, 3.8) is 0 Å². The maximum absolute atomic E-state index is 13.2. The molecule has 0 heterocycles. The van der Waals surface area contributed by atoms with Gasteiger partial charge in [0.05, 0.1) is 12.8 Å². The minimum Gasteiger partial charge on any atom is -0.495 e. The van der Waals surface area contributed by atoms with Crippen LogP contribution in [0, 0.1) is 5.82 Å². The number of anilines is 1. The van der Waals surface area contributed by atoms with Crippen molar-refractivity contribution >= 4 is 17.3 Å². The molecule has 2 aromatic rings. The van der Waals surface area contributed by atoms with Gasteiger partial charge in [-0.3, -0.25) is 0 Å². The second-order valence-electron chi connectivity index (χ2n) is 5.41. The van der Waals surface area contributed by atoms with Crippen LogP contribution in [0.5, 0.6) is 5.75 Å². The Hall–Kier alpha value is -1.74. The van der Waals surface area contributed by atoms with Crippen molar-refractivity contribution in [3.05, 3.63) is 58.9 Å². The predicted molar refractivity (Wildman–Crippen MR) is 83.8 cm³/mol. The van der Waals surface area contributed by atoms with Gasteiger partial charge in [-0.25, -0.2) is 4.39 Å². The van der Waals surface area contributed by atoms with Crippen molar-refractivity contribution in [2.75, 3.05) is 12.4 Å². The van der Waals surface area contributed by atoms with Crippen molar-refractivity contribution in [2.24, 2.45) is 0 Å². The second kappa shape index (κ2) is 5.94. The summed E-state index contributed by atoms with van der Waals surface area (Å²) in [7, 11) is 1.64. The molecule has 0 unspecified atom stereocenters. The van der Waals surface area contributed by atoms with E-state index in [-0.39, 0.29) is 5.82 Å². The molecular formula is C17H17ClFNO. The van der Waals surface area contributed by atoms with Crippen LogP contribution >= 0.6 is 11.6 Å². The quantitative estimate of drug-likeness (QED) is 0.872. The van der Waals surface area contributed by atoms with Gasteiger partial charge >= 0.3 is 0 Å². The van der Waals surface area contributed by atoms with E-state index in [2.05, 4.69) is 5.32 Å². The molecule has 0 amide bonds. The Bertz CT molecular complexity index is 640. The highest BCUT2D eigenvalue weighted by molar-refractivity contribution is 6.30. The summed E-state index contributed by atoms with van der Waals surface area (Å²) >= 11 is 6.02. The largest absolute Gasteiger partial charge is 0.495 e. The number of hydrogen-bond acceptors (Lipinski definition) is 2. The van der Waals surface area contributed by atoms with E-state index in [1.54, 1.807) is 19.2 Å². The van der Waals surface area contributed by atoms with E-state index in [4.69, 9.17) is 16.3 Å². The molecule has 0 aliphatic heterocycles. The highest BCUT2D eigenvalue weighted by Gasteiger charge is 2.30. The second-order valence-corrected chi connectivity index (χ2v) is 5.85. The zero-order chi connectivity index (χ0) is 14.8. The zero-order valence-electron chi connectivity index (χ0n) is 11.8. The lowest BCUT2D eigenvalue weighted by atomic mass is 9.76. The van der Waals surface area contributed by atoms with Crippen LogP contribution in [-0.2, 0) is 0 Å². The summed E-state index contributed by atoms with van der Waals surface area (Å²) in [4.78, 5) is 0. The third-order valence-corrected chi connectivity index (χ3v) is 4.21. The molecule has 21 heavy (non-hydrogen) atoms. The molecule has 0 radical (unpaired) electrons. The van der Waals surface area contributed by atoms with Crippen LogP contribution in [0.4, 0.5) is 10.1 Å². The standard InChI is InChI=1S/C17H17ClFNO/c1-21-17-6-5-13(18)10-16(17)20-15-8-12(9-15)11-3-2-4-14(19)7-11/h2-7,10,12,15,20H,8-9H2,1H3. The first-order valence-electron chi connectivity index (χ1n) is 7.01. The Kier molecular flexibility index (Phi) is 4.02. The van der Waals surface area contributed by atoms with Crippen molar-refractivity contribution in [1.29, 1.82) is 0 Å². The van der Waals surface area contributed by atoms with Gasteiger partial charge in [-0.1, -0.05) is 23.7 Å². The number of halogens is 2. The minimum absolute atomic E-state index is 0.166. The molecule has 110 valence electrons. The molecule has 1 fully saturated rings. The van der Waals surface area contributed by atoms with Crippen molar-refractivity contribution < 1.29 is 9.13 Å². The van der Waals surface area contributed by atoms with Crippen molar-refractivity contribution in [1.82, 2.24) is 0 Å². The van der Waals surface area contributed by atoms with Crippen molar-refractivity contribution in [3.8, 4) is 5.75 Å². The summed E-state index contributed by atoms with van der Waals surface area (Å²) in [6.07, 6.45) is 1.97. The monoisotopic (exact) mass is 305 g/mol. The predicted octanol–water partition coefficient (Wildman–Crippen LogP) is 4.85. The maximum atomic E-state index is 13.2. The van der Waals surface area contributed by atoms with Crippen LogP contribution in [-0.4, -0.2) is 13.2 Å². The Labute approximate surface area is 128 Å². The van der Waals surface area contributed by atoms with Gasteiger partial charge in [0, 0.05) is 11.1 Å². The number of rotatable bonds is 4. The van der Waals surface area contributed by atoms with Gasteiger partial charge in [0.25, 0.3) is 0 Å². The Morgan fingerprint density at radius 3 is 2.71 bits per heavy atom. The van der Waals surface area contributed by atoms with Crippen LogP contribution in [0.3, 0.4) is 0 Å². The highest BCUT2D eigenvalue weighted by atomic mass is 35.5. The normalized spacial score (nSPS) is 20.7. The van der Waals surface area contributed by atoms with Gasteiger partial charge in [-0.15, -0.1) is 0 Å². The zero-order valence-corrected chi connectivity index (χ0v) is 12.5. The van der Waals surface area contributed by atoms with Gasteiger partial charge in [-0.2, -0.15) is 0 Å². The molecule has 0 bridgehead atoms. The molecule has 0 saturated heterocycles. The first-order chi connectivity index (χ1) is 10.2. The Balaban J connectivity index is 1.64. The SMILES string of the molecule is COc1ccc(Cl)cc1NC1CC(c2cccc(F)c2)C1. The van der Waals surface area contributed by atoms with Crippen LogP contribution < -0.4 is 10.1 Å². The number of benzene rings is 2. The van der Waals surface area contributed by atoms with Crippen LogP contribution in [0.15, 0.2) is 42.5 Å². The molecule has 1 aliphatic rings. The van der Waals surface area contributed by atoms with Crippen LogP contribution in [0.25, 0.3) is 0 Å². The topological polar surface area (TPSA) is 21.3 Å². The number of ether oxygens (including phenoxy) is 1. The van der Waals surface area contributed by atoms with Gasteiger partial charge < -0.3 is 10.1 Å².